The van der Waals surface area contributed by atoms with Gasteiger partial charge in [0.05, 0.1) is 5.60 Å². The zero-order valence-corrected chi connectivity index (χ0v) is 17.9. The zero-order valence-electron chi connectivity index (χ0n) is 17.1. The first-order chi connectivity index (χ1) is 13.5. The van der Waals surface area contributed by atoms with Gasteiger partial charge < -0.3 is 15.3 Å². The lowest BCUT2D eigenvalue weighted by molar-refractivity contribution is 0.00642. The number of hydrogen-bond acceptors (Lipinski definition) is 3. The number of halogens is 1. The zero-order chi connectivity index (χ0) is 20.0. The van der Waals surface area contributed by atoms with Crippen molar-refractivity contribution in [1.82, 2.24) is 10.2 Å². The Kier molecular flexibility index (Phi) is 7.53. The predicted octanol–water partition coefficient (Wildman–Crippen LogP) is 4.94. The molecule has 0 aliphatic carbocycles. The molecule has 1 saturated heterocycles. The Morgan fingerprint density at radius 2 is 1.89 bits per heavy atom. The van der Waals surface area contributed by atoms with Crippen LogP contribution in [-0.4, -0.2) is 48.3 Å². The van der Waals surface area contributed by atoms with Crippen LogP contribution in [0.5, 0.6) is 0 Å². The number of hydrogen-bond donors (Lipinski definition) is 2. The van der Waals surface area contributed by atoms with Crippen molar-refractivity contribution in [2.75, 3.05) is 32.7 Å². The lowest BCUT2D eigenvalue weighted by Gasteiger charge is -2.39. The van der Waals surface area contributed by atoms with E-state index in [9.17, 15) is 5.11 Å². The highest BCUT2D eigenvalue weighted by atomic mass is 35.5. The maximum Gasteiger partial charge on any atom is 0.0700 e. The normalized spacial score (nSPS) is 18.6. The Bertz CT molecular complexity index is 756. The van der Waals surface area contributed by atoms with Crippen molar-refractivity contribution < 1.29 is 5.11 Å². The largest absolute Gasteiger partial charge is 0.389 e. The van der Waals surface area contributed by atoms with Gasteiger partial charge in [-0.25, -0.2) is 0 Å². The highest BCUT2D eigenvalue weighted by molar-refractivity contribution is 6.30. The number of aliphatic hydroxyl groups is 1. The van der Waals surface area contributed by atoms with Gasteiger partial charge in [0, 0.05) is 43.7 Å². The number of piperazine rings is 1. The second-order valence-electron chi connectivity index (χ2n) is 8.16. The molecule has 0 amide bonds. The maximum absolute atomic E-state index is 11.5. The molecule has 1 heterocycles. The van der Waals surface area contributed by atoms with E-state index in [1.54, 1.807) is 0 Å². The number of rotatable bonds is 8. The average Bonchev–Trinajstić information content (AvgIpc) is 2.71. The molecule has 3 rings (SSSR count). The summed E-state index contributed by atoms with van der Waals surface area (Å²) in [5.74, 6) is 0.0485. The van der Waals surface area contributed by atoms with Crippen molar-refractivity contribution in [2.24, 2.45) is 0 Å². The van der Waals surface area contributed by atoms with Crippen molar-refractivity contribution in [3.05, 3.63) is 59.1 Å². The van der Waals surface area contributed by atoms with Gasteiger partial charge in [-0.2, -0.15) is 0 Å². The summed E-state index contributed by atoms with van der Waals surface area (Å²) in [6.07, 6.45) is 2.93. The van der Waals surface area contributed by atoms with Crippen LogP contribution in [0.1, 0.15) is 44.6 Å². The second kappa shape index (κ2) is 9.89. The number of unbranched alkanes of at least 4 members (excludes halogenated alkanes) is 1. The maximum atomic E-state index is 11.5. The van der Waals surface area contributed by atoms with Gasteiger partial charge in [0.15, 0.2) is 0 Å². The van der Waals surface area contributed by atoms with E-state index in [0.717, 1.165) is 62.6 Å². The molecule has 4 heteroatoms. The quantitative estimate of drug-likeness (QED) is 0.658. The molecule has 2 N–H and O–H groups in total. The molecule has 2 atom stereocenters. The van der Waals surface area contributed by atoms with E-state index in [1.165, 1.54) is 11.1 Å². The summed E-state index contributed by atoms with van der Waals surface area (Å²) in [5.41, 5.74) is 2.74. The third-order valence-corrected chi connectivity index (χ3v) is 6.14. The highest BCUT2D eigenvalue weighted by Gasteiger charge is 2.35. The van der Waals surface area contributed by atoms with Crippen LogP contribution in [-0.2, 0) is 0 Å². The van der Waals surface area contributed by atoms with Crippen molar-refractivity contribution in [2.45, 2.75) is 44.6 Å². The van der Waals surface area contributed by atoms with Crippen LogP contribution in [0, 0.1) is 0 Å². The molecule has 28 heavy (non-hydrogen) atoms. The lowest BCUT2D eigenvalue weighted by Crippen LogP contribution is -2.48. The van der Waals surface area contributed by atoms with Crippen molar-refractivity contribution in [1.29, 1.82) is 0 Å². The third-order valence-electron chi connectivity index (χ3n) is 5.91. The minimum atomic E-state index is -0.754. The summed E-state index contributed by atoms with van der Waals surface area (Å²) in [6, 6.07) is 16.5. The third kappa shape index (κ3) is 5.36. The minimum absolute atomic E-state index is 0.0485. The molecular formula is C24H33ClN2O. The summed E-state index contributed by atoms with van der Waals surface area (Å²) < 4.78 is 0. The van der Waals surface area contributed by atoms with Gasteiger partial charge in [-0.15, -0.1) is 0 Å². The Labute approximate surface area is 174 Å². The molecule has 1 aliphatic rings. The Balaban J connectivity index is 1.99. The summed E-state index contributed by atoms with van der Waals surface area (Å²) >= 11 is 6.28. The SMILES string of the molecule is CCCCC(C)(O)C(CN1CCNCC1)c1ccccc1-c1cccc(Cl)c1. The van der Waals surface area contributed by atoms with E-state index in [2.05, 4.69) is 47.5 Å². The first-order valence-electron chi connectivity index (χ1n) is 10.5. The topological polar surface area (TPSA) is 35.5 Å². The van der Waals surface area contributed by atoms with E-state index in [-0.39, 0.29) is 5.92 Å². The van der Waals surface area contributed by atoms with Gasteiger partial charge >= 0.3 is 0 Å². The van der Waals surface area contributed by atoms with E-state index < -0.39 is 5.60 Å². The summed E-state index contributed by atoms with van der Waals surface area (Å²) in [6.45, 7) is 9.15. The molecule has 0 bridgehead atoms. The molecule has 1 aliphatic heterocycles. The highest BCUT2D eigenvalue weighted by Crippen LogP contribution is 2.39. The van der Waals surface area contributed by atoms with Gasteiger partial charge in [0.25, 0.3) is 0 Å². The van der Waals surface area contributed by atoms with Gasteiger partial charge in [0.2, 0.25) is 0 Å². The summed E-state index contributed by atoms with van der Waals surface area (Å²) in [4.78, 5) is 2.48. The minimum Gasteiger partial charge on any atom is -0.389 e. The smallest absolute Gasteiger partial charge is 0.0700 e. The van der Waals surface area contributed by atoms with Crippen LogP contribution in [0.2, 0.25) is 5.02 Å². The molecule has 2 unspecified atom stereocenters. The fourth-order valence-electron chi connectivity index (χ4n) is 4.21. The molecule has 0 saturated carbocycles. The van der Waals surface area contributed by atoms with E-state index in [1.807, 2.05) is 25.1 Å². The average molecular weight is 401 g/mol. The van der Waals surface area contributed by atoms with Gasteiger partial charge in [-0.3, -0.25) is 0 Å². The summed E-state index contributed by atoms with van der Waals surface area (Å²) in [5, 5.41) is 15.7. The number of benzene rings is 2. The molecule has 3 nitrogen and oxygen atoms in total. The molecular weight excluding hydrogens is 368 g/mol. The fraction of sp³-hybridized carbons (Fsp3) is 0.500. The van der Waals surface area contributed by atoms with Crippen LogP contribution < -0.4 is 5.32 Å². The Morgan fingerprint density at radius 1 is 1.14 bits per heavy atom. The molecule has 0 aromatic heterocycles. The van der Waals surface area contributed by atoms with Gasteiger partial charge in [-0.1, -0.05) is 67.8 Å². The van der Waals surface area contributed by atoms with Crippen molar-refractivity contribution in [3.63, 3.8) is 0 Å². The number of nitrogens with one attached hydrogen (secondary N) is 1. The molecule has 0 radical (unpaired) electrons. The number of nitrogens with zero attached hydrogens (tertiary/aromatic N) is 1. The van der Waals surface area contributed by atoms with E-state index >= 15 is 0 Å². The molecule has 2 aromatic carbocycles. The first kappa shape index (κ1) is 21.3. The molecule has 1 fully saturated rings. The van der Waals surface area contributed by atoms with Gasteiger partial charge in [0.1, 0.15) is 0 Å². The Morgan fingerprint density at radius 3 is 2.61 bits per heavy atom. The molecule has 0 spiro atoms. The van der Waals surface area contributed by atoms with E-state index in [0.29, 0.717) is 0 Å². The van der Waals surface area contributed by atoms with Crippen LogP contribution in [0.4, 0.5) is 0 Å². The molecule has 152 valence electrons. The predicted molar refractivity (Wildman–Crippen MR) is 119 cm³/mol. The summed E-state index contributed by atoms with van der Waals surface area (Å²) in [7, 11) is 0. The van der Waals surface area contributed by atoms with Crippen molar-refractivity contribution >= 4 is 11.6 Å². The van der Waals surface area contributed by atoms with Crippen molar-refractivity contribution in [3.8, 4) is 11.1 Å². The Hall–Kier alpha value is -1.39. The first-order valence-corrected chi connectivity index (χ1v) is 10.9. The monoisotopic (exact) mass is 400 g/mol. The van der Waals surface area contributed by atoms with E-state index in [4.69, 9.17) is 11.6 Å². The van der Waals surface area contributed by atoms with Crippen LogP contribution in [0.25, 0.3) is 11.1 Å². The standard InChI is InChI=1S/C24H33ClN2O/c1-3-4-12-24(2,28)23(18-27-15-13-26-14-16-27)22-11-6-5-10-21(22)19-8-7-9-20(25)17-19/h5-11,17,23,26,28H,3-4,12-16,18H2,1-2H3. The fourth-order valence-corrected chi connectivity index (χ4v) is 4.40. The van der Waals surface area contributed by atoms with Crippen LogP contribution in [0.3, 0.4) is 0 Å². The molecule has 2 aromatic rings. The van der Waals surface area contributed by atoms with Crippen LogP contribution in [0.15, 0.2) is 48.5 Å². The van der Waals surface area contributed by atoms with Crippen LogP contribution >= 0.6 is 11.6 Å². The lowest BCUT2D eigenvalue weighted by atomic mass is 9.77. The van der Waals surface area contributed by atoms with Gasteiger partial charge in [-0.05, 0) is 42.2 Å². The second-order valence-corrected chi connectivity index (χ2v) is 8.60.